The third-order valence-corrected chi connectivity index (χ3v) is 21.3. The molecule has 12 aromatic rings. The van der Waals surface area contributed by atoms with Gasteiger partial charge in [0.25, 0.3) is 0 Å². The van der Waals surface area contributed by atoms with E-state index in [9.17, 15) is 32.3 Å². The fourth-order valence-corrected chi connectivity index (χ4v) is 14.4. The molecule has 0 saturated carbocycles. The maximum atomic E-state index is 15.2. The van der Waals surface area contributed by atoms with Gasteiger partial charge in [-0.15, -0.1) is 22.7 Å². The molecule has 12 N–H and O–H groups in total. The molecule has 0 radical (unpaired) electrons. The van der Waals surface area contributed by atoms with Gasteiger partial charge in [-0.1, -0.05) is 0 Å². The lowest BCUT2D eigenvalue weighted by atomic mass is 9.84. The minimum absolute atomic E-state index is 0.105. The van der Waals surface area contributed by atoms with E-state index < -0.39 is 23.4 Å². The van der Waals surface area contributed by atoms with E-state index in [0.717, 1.165) is 68.5 Å². The highest BCUT2D eigenvalue weighted by molar-refractivity contribution is 7.15. The number of aryl methyl sites for hydroxylation is 5. The molecule has 10 aromatic heterocycles. The molecule has 28 nitrogen and oxygen atoms in total. The van der Waals surface area contributed by atoms with Crippen LogP contribution in [0.1, 0.15) is 57.2 Å². The Balaban J connectivity index is 0.000000133. The normalized spacial score (nSPS) is 14.5. The topological polar surface area (TPSA) is 389 Å². The first-order chi connectivity index (χ1) is 54.7. The van der Waals surface area contributed by atoms with E-state index in [4.69, 9.17) is 31.8 Å². The van der Waals surface area contributed by atoms with Gasteiger partial charge in [0, 0.05) is 129 Å². The summed E-state index contributed by atoms with van der Waals surface area (Å²) in [5.41, 5.74) is 28.6. The maximum Gasteiger partial charge on any atom is 0.323 e. The third kappa shape index (κ3) is 19.7. The van der Waals surface area contributed by atoms with Crippen molar-refractivity contribution in [3.05, 3.63) is 226 Å². The second kappa shape index (κ2) is 34.7. The van der Waals surface area contributed by atoms with E-state index >= 15 is 4.39 Å². The number of urea groups is 4. The summed E-state index contributed by atoms with van der Waals surface area (Å²) in [6, 6.07) is 33.0. The summed E-state index contributed by atoms with van der Waals surface area (Å²) in [5.74, 6) is 4.35. The molecule has 16 rings (SSSR count). The summed E-state index contributed by atoms with van der Waals surface area (Å²) in [6.07, 6.45) is 10.8. The average molecular weight is 1590 g/mol. The minimum atomic E-state index is -1.74. The van der Waals surface area contributed by atoms with Gasteiger partial charge in [-0.3, -0.25) is 21.3 Å². The van der Waals surface area contributed by atoms with Crippen molar-refractivity contribution in [2.24, 2.45) is 23.7 Å². The molecule has 4 aliphatic heterocycles. The van der Waals surface area contributed by atoms with Crippen LogP contribution in [-0.4, -0.2) is 146 Å². The van der Waals surface area contributed by atoms with Crippen LogP contribution in [0.15, 0.2) is 167 Å². The number of nitrogen functional groups attached to an aromatic ring is 4. The lowest BCUT2D eigenvalue weighted by Gasteiger charge is -2.44. The van der Waals surface area contributed by atoms with Gasteiger partial charge in [0.1, 0.15) is 29.0 Å². The zero-order valence-electron chi connectivity index (χ0n) is 62.9. The number of hydrogen-bond acceptors (Lipinski definition) is 22. The highest BCUT2D eigenvalue weighted by Gasteiger charge is 2.47. The quantitative estimate of drug-likeness (QED) is 0.0417. The summed E-state index contributed by atoms with van der Waals surface area (Å²) in [6.45, 7) is 15.2. The highest BCUT2D eigenvalue weighted by atomic mass is 32.1. The van der Waals surface area contributed by atoms with Crippen LogP contribution >= 0.6 is 22.7 Å². The third-order valence-electron chi connectivity index (χ3n) is 19.3. The Morgan fingerprint density at radius 1 is 0.456 bits per heavy atom. The molecule has 34 heteroatoms. The minimum Gasteiger partial charge on any atom is -0.446 e. The number of amides is 8. The van der Waals surface area contributed by atoms with Crippen molar-refractivity contribution in [2.45, 2.75) is 66.5 Å². The zero-order chi connectivity index (χ0) is 80.5. The van der Waals surface area contributed by atoms with Crippen LogP contribution in [-0.2, 0) is 24.9 Å². The Labute approximate surface area is 661 Å². The van der Waals surface area contributed by atoms with Crippen LogP contribution in [0.4, 0.5) is 82.8 Å². The number of halogens is 4. The van der Waals surface area contributed by atoms with Crippen LogP contribution in [0, 0.1) is 75.7 Å². The molecule has 588 valence electrons. The summed E-state index contributed by atoms with van der Waals surface area (Å²) in [5, 5.41) is 11.1. The predicted octanol–water partition coefficient (Wildman–Crippen LogP) is 14.4. The van der Waals surface area contributed by atoms with Crippen LogP contribution < -0.4 is 44.2 Å². The van der Waals surface area contributed by atoms with Gasteiger partial charge in [-0.25, -0.2) is 86.6 Å². The van der Waals surface area contributed by atoms with Crippen LogP contribution in [0.25, 0.3) is 43.7 Å². The van der Waals surface area contributed by atoms with Crippen LogP contribution in [0.3, 0.4) is 0 Å². The number of nitrogens with zero attached hydrogens (tertiary/aromatic N) is 14. The number of likely N-dealkylation sites (tertiary alicyclic amines) is 4. The number of nitrogens with one attached hydrogen (secondary N) is 4. The van der Waals surface area contributed by atoms with Gasteiger partial charge in [0.2, 0.25) is 0 Å². The number of rotatable bonds is 16. The van der Waals surface area contributed by atoms with Gasteiger partial charge in [0.15, 0.2) is 52.4 Å². The maximum absolute atomic E-state index is 15.2. The Morgan fingerprint density at radius 2 is 0.851 bits per heavy atom. The van der Waals surface area contributed by atoms with Crippen molar-refractivity contribution in [2.75, 3.05) is 96.6 Å². The van der Waals surface area contributed by atoms with E-state index in [-0.39, 0.29) is 60.4 Å². The molecule has 8 amide bonds. The Kier molecular flexibility index (Phi) is 24.1. The van der Waals surface area contributed by atoms with Crippen molar-refractivity contribution in [1.82, 2.24) is 69.4 Å². The Hall–Kier alpha value is -13.0. The Bertz CT molecular complexity index is 5420. The molecule has 114 heavy (non-hydrogen) atoms. The number of oxazole rings is 2. The number of thiophene rings is 2. The first-order valence-electron chi connectivity index (χ1n) is 36.4. The monoisotopic (exact) mass is 1590 g/mol. The first-order valence-corrected chi connectivity index (χ1v) is 38.0. The van der Waals surface area contributed by atoms with Gasteiger partial charge >= 0.3 is 24.1 Å². The smallest absolute Gasteiger partial charge is 0.323 e. The van der Waals surface area contributed by atoms with E-state index in [1.54, 1.807) is 117 Å². The number of aromatic nitrogens is 10. The number of nitrogens with two attached hydrogens (primary N) is 4. The summed E-state index contributed by atoms with van der Waals surface area (Å²) in [4.78, 5) is 103. The van der Waals surface area contributed by atoms with Gasteiger partial charge in [-0.05, 0) is 168 Å². The lowest BCUT2D eigenvalue weighted by Crippen LogP contribution is -2.57. The van der Waals surface area contributed by atoms with Crippen molar-refractivity contribution < 1.29 is 45.6 Å². The standard InChI is InChI=1S/C22H22F2N6O.C20H20FN5O2.C19H19FN6OS.C19H21N5O2S/c1-13-10-15(23)4-5-16(13)18-7-6-17(25)19(28-18)29-21(31)30-11-14(12-30)22(2,24)20-26-8-3-9-27-20;1-12-9-23-18(28-12)8-13-10-26(11-13)20(27)25-19-16(22)6-7-17(24-19)14-2-4-15(21)5-3-14;1-11-2-5-16(28-11)15-4-3-14(21)18(24-15)25-19(27)26-9-12(10-26)6-17-22-7-13(20)8-23-17;1-11-8-21-17(26-11)7-13-9-24(10-13)19(25)23-18-14(20)4-5-15(22-18)16-6-3-12(2)27-16/h3-10,14H,11-12,25H2,1-2H3,(H,28,29,31);2-7,9,13H,8,10-11,22H2,1H3,(H,24,25,27);2-5,7-8,12H,6,9-10,21H2,1H3,(H,24,25,27);3-6,8,13H,7,9-10,20H2,1-2H3,(H,22,23,25). The average Bonchev–Trinajstić information content (AvgIpc) is 0.984. The molecule has 1 atom stereocenters. The summed E-state index contributed by atoms with van der Waals surface area (Å²) >= 11 is 3.29. The molecular formula is C80H82F4N22O6S2. The molecule has 14 heterocycles. The van der Waals surface area contributed by atoms with E-state index in [0.29, 0.717) is 133 Å². The van der Waals surface area contributed by atoms with E-state index in [2.05, 4.69) is 71.1 Å². The van der Waals surface area contributed by atoms with Gasteiger partial charge < -0.3 is 51.4 Å². The molecule has 4 saturated heterocycles. The molecule has 0 aliphatic carbocycles. The second-order valence-corrected chi connectivity index (χ2v) is 30.8. The fourth-order valence-electron chi connectivity index (χ4n) is 12.8. The van der Waals surface area contributed by atoms with E-state index in [1.807, 2.05) is 64.1 Å². The fraction of sp³-hybridized carbons (Fsp3) is 0.275. The zero-order valence-corrected chi connectivity index (χ0v) is 64.6. The number of anilines is 8. The molecule has 4 fully saturated rings. The second-order valence-electron chi connectivity index (χ2n) is 28.3. The Morgan fingerprint density at radius 3 is 1.26 bits per heavy atom. The number of pyridine rings is 4. The van der Waals surface area contributed by atoms with Crippen LogP contribution in [0.5, 0.6) is 0 Å². The van der Waals surface area contributed by atoms with Crippen molar-refractivity contribution in [3.8, 4) is 43.7 Å². The molecule has 2 aromatic carbocycles. The van der Waals surface area contributed by atoms with Gasteiger partial charge in [0.05, 0.1) is 80.1 Å². The predicted molar refractivity (Wildman–Crippen MR) is 429 cm³/mol. The first kappa shape index (κ1) is 79.1. The SMILES string of the molecule is Cc1cc(F)ccc1-c1ccc(N)c(NC(=O)N2CC(C(C)(F)c3ncccn3)C2)n1.Cc1ccc(-c2ccc(N)c(NC(=O)N3CC(Cc4ncc(F)cn4)C3)n2)s1.Cc1cnc(CC2CN(C(=O)Nc3nc(-c4ccc(C)s4)ccc3N)C2)o1.Cc1cnc(CC2CN(C(=O)Nc3nc(-c4ccc(F)cc4)ccc3N)C2)o1. The number of carbonyl (C=O) groups excluding carboxylic acids is 4. The van der Waals surface area contributed by atoms with Crippen molar-refractivity contribution in [1.29, 1.82) is 0 Å². The summed E-state index contributed by atoms with van der Waals surface area (Å²) in [7, 11) is 0. The van der Waals surface area contributed by atoms with Crippen LogP contribution in [0.2, 0.25) is 0 Å². The molecule has 0 bridgehead atoms. The molecule has 1 unspecified atom stereocenters. The van der Waals surface area contributed by atoms with Crippen molar-refractivity contribution >= 4 is 92.8 Å². The number of hydrogen-bond donors (Lipinski definition) is 8. The van der Waals surface area contributed by atoms with Crippen molar-refractivity contribution in [3.63, 3.8) is 0 Å². The molecular weight excluding hydrogens is 1510 g/mol. The number of benzene rings is 2. The molecule has 4 aliphatic rings. The van der Waals surface area contributed by atoms with Gasteiger partial charge in [-0.2, -0.15) is 0 Å². The molecule has 0 spiro atoms. The summed E-state index contributed by atoms with van der Waals surface area (Å²) < 4.78 is 65.5. The highest BCUT2D eigenvalue weighted by Crippen LogP contribution is 2.39. The lowest BCUT2D eigenvalue weighted by molar-refractivity contribution is -0.00343. The number of alkyl halides is 1. The largest absolute Gasteiger partial charge is 0.446 e. The number of carbonyl (C=O) groups is 4. The van der Waals surface area contributed by atoms with E-state index in [1.165, 1.54) is 58.2 Å².